The molecule has 20 heavy (non-hydrogen) atoms. The SMILES string of the molecule is CC(C)(C)NC(=O)NC(N)=Nc1c(Cl)cc(F)cc1Br. The Labute approximate surface area is 129 Å². The van der Waals surface area contributed by atoms with Crippen LogP contribution >= 0.6 is 27.5 Å². The molecule has 1 aromatic rings. The van der Waals surface area contributed by atoms with Crippen LogP contribution in [0, 0.1) is 5.82 Å². The number of carbonyl (C=O) groups is 1. The summed E-state index contributed by atoms with van der Waals surface area (Å²) in [4.78, 5) is 15.5. The minimum atomic E-state index is -0.502. The zero-order chi connectivity index (χ0) is 15.5. The van der Waals surface area contributed by atoms with Gasteiger partial charge in [0, 0.05) is 10.0 Å². The van der Waals surface area contributed by atoms with Gasteiger partial charge in [-0.15, -0.1) is 0 Å². The molecule has 1 aromatic carbocycles. The second-order valence-corrected chi connectivity index (χ2v) is 6.31. The van der Waals surface area contributed by atoms with Gasteiger partial charge in [0.05, 0.1) is 10.7 Å². The van der Waals surface area contributed by atoms with E-state index in [9.17, 15) is 9.18 Å². The number of aliphatic imine (C=N–C) groups is 1. The topological polar surface area (TPSA) is 79.5 Å². The van der Waals surface area contributed by atoms with Crippen LogP contribution in [0.1, 0.15) is 20.8 Å². The van der Waals surface area contributed by atoms with Crippen molar-refractivity contribution in [3.8, 4) is 0 Å². The lowest BCUT2D eigenvalue weighted by molar-refractivity contribution is 0.236. The lowest BCUT2D eigenvalue weighted by Gasteiger charge is -2.20. The number of hydrogen-bond donors (Lipinski definition) is 3. The van der Waals surface area contributed by atoms with Gasteiger partial charge in [-0.1, -0.05) is 11.6 Å². The average Bonchev–Trinajstić information content (AvgIpc) is 2.20. The number of guanidine groups is 1. The smallest absolute Gasteiger partial charge is 0.321 e. The Morgan fingerprint density at radius 1 is 1.45 bits per heavy atom. The molecule has 0 radical (unpaired) electrons. The van der Waals surface area contributed by atoms with E-state index < -0.39 is 17.4 Å². The predicted molar refractivity (Wildman–Crippen MR) is 81.8 cm³/mol. The molecule has 0 atom stereocenters. The highest BCUT2D eigenvalue weighted by Gasteiger charge is 2.14. The molecule has 2 amide bonds. The van der Waals surface area contributed by atoms with Crippen LogP contribution in [0.2, 0.25) is 5.02 Å². The van der Waals surface area contributed by atoms with Crippen LogP contribution in [0.5, 0.6) is 0 Å². The van der Waals surface area contributed by atoms with Crippen molar-refractivity contribution < 1.29 is 9.18 Å². The van der Waals surface area contributed by atoms with Gasteiger partial charge >= 0.3 is 6.03 Å². The molecule has 110 valence electrons. The summed E-state index contributed by atoms with van der Waals surface area (Å²) in [6.07, 6.45) is 0. The number of halogens is 3. The highest BCUT2D eigenvalue weighted by molar-refractivity contribution is 9.10. The molecule has 0 heterocycles. The average molecular weight is 366 g/mol. The lowest BCUT2D eigenvalue weighted by Crippen LogP contribution is -2.50. The Bertz CT molecular complexity index is 534. The van der Waals surface area contributed by atoms with Crippen LogP contribution in [0.3, 0.4) is 0 Å². The van der Waals surface area contributed by atoms with Gasteiger partial charge in [0.2, 0.25) is 5.96 Å². The Balaban J connectivity index is 2.87. The van der Waals surface area contributed by atoms with E-state index in [-0.39, 0.29) is 16.7 Å². The Morgan fingerprint density at radius 2 is 2.05 bits per heavy atom. The number of amides is 2. The van der Waals surface area contributed by atoms with Gasteiger partial charge in [-0.2, -0.15) is 0 Å². The number of rotatable bonds is 1. The Kier molecular flexibility index (Phi) is 5.35. The van der Waals surface area contributed by atoms with E-state index in [1.165, 1.54) is 6.07 Å². The zero-order valence-electron chi connectivity index (χ0n) is 11.2. The van der Waals surface area contributed by atoms with Crippen LogP contribution in [-0.2, 0) is 0 Å². The van der Waals surface area contributed by atoms with Gasteiger partial charge in [0.15, 0.2) is 0 Å². The molecular weight excluding hydrogens is 351 g/mol. The maximum atomic E-state index is 13.1. The van der Waals surface area contributed by atoms with Crippen LogP contribution < -0.4 is 16.4 Å². The molecule has 0 aromatic heterocycles. The monoisotopic (exact) mass is 364 g/mol. The first-order valence-corrected chi connectivity index (χ1v) is 6.83. The van der Waals surface area contributed by atoms with Crippen molar-refractivity contribution in [2.75, 3.05) is 0 Å². The molecule has 0 unspecified atom stereocenters. The summed E-state index contributed by atoms with van der Waals surface area (Å²) in [5.41, 5.74) is 5.44. The molecule has 0 fully saturated rings. The van der Waals surface area contributed by atoms with Gasteiger partial charge in [-0.3, -0.25) is 5.32 Å². The quantitative estimate of drug-likeness (QED) is 0.527. The molecular formula is C12H15BrClFN4O. The molecule has 0 aliphatic heterocycles. The highest BCUT2D eigenvalue weighted by Crippen LogP contribution is 2.34. The Hall–Kier alpha value is -1.34. The predicted octanol–water partition coefficient (Wildman–Crippen LogP) is 3.29. The lowest BCUT2D eigenvalue weighted by atomic mass is 10.1. The third-order valence-electron chi connectivity index (χ3n) is 1.94. The normalized spacial score (nSPS) is 12.2. The summed E-state index contributed by atoms with van der Waals surface area (Å²) in [5.74, 6) is -0.654. The summed E-state index contributed by atoms with van der Waals surface area (Å²) < 4.78 is 13.4. The molecule has 5 nitrogen and oxygen atoms in total. The fourth-order valence-corrected chi connectivity index (χ4v) is 2.16. The molecule has 0 saturated carbocycles. The maximum Gasteiger partial charge on any atom is 0.321 e. The third-order valence-corrected chi connectivity index (χ3v) is 2.84. The fourth-order valence-electron chi connectivity index (χ4n) is 1.28. The van der Waals surface area contributed by atoms with E-state index in [0.29, 0.717) is 4.47 Å². The number of hydrogen-bond acceptors (Lipinski definition) is 2. The van der Waals surface area contributed by atoms with Crippen LogP contribution in [0.4, 0.5) is 14.9 Å². The van der Waals surface area contributed by atoms with E-state index in [2.05, 4.69) is 31.6 Å². The van der Waals surface area contributed by atoms with Crippen molar-refractivity contribution in [3.05, 3.63) is 27.4 Å². The molecule has 0 aliphatic carbocycles. The van der Waals surface area contributed by atoms with E-state index in [0.717, 1.165) is 6.07 Å². The number of nitrogens with two attached hydrogens (primary N) is 1. The summed E-state index contributed by atoms with van der Waals surface area (Å²) in [6, 6.07) is 1.81. The summed E-state index contributed by atoms with van der Waals surface area (Å²) >= 11 is 8.99. The van der Waals surface area contributed by atoms with Gasteiger partial charge in [-0.25, -0.2) is 14.2 Å². The second kappa shape index (κ2) is 6.41. The van der Waals surface area contributed by atoms with Crippen LogP contribution in [-0.4, -0.2) is 17.5 Å². The number of nitrogens with one attached hydrogen (secondary N) is 2. The van der Waals surface area contributed by atoms with Crippen LogP contribution in [0.25, 0.3) is 0 Å². The van der Waals surface area contributed by atoms with E-state index in [1.807, 2.05) is 20.8 Å². The number of urea groups is 1. The molecule has 0 bridgehead atoms. The van der Waals surface area contributed by atoms with E-state index >= 15 is 0 Å². The summed E-state index contributed by atoms with van der Waals surface area (Å²) in [5, 5.41) is 5.10. The second-order valence-electron chi connectivity index (χ2n) is 5.04. The number of benzene rings is 1. The third kappa shape index (κ3) is 5.34. The van der Waals surface area contributed by atoms with Crippen molar-refractivity contribution in [2.45, 2.75) is 26.3 Å². The van der Waals surface area contributed by atoms with Crippen molar-refractivity contribution >= 4 is 45.2 Å². The standard InChI is InChI=1S/C12H15BrClFN4O/c1-12(2,3)19-11(20)18-10(16)17-9-7(13)4-6(15)5-8(9)14/h4-5H,1-3H3,(H4,16,17,18,19,20). The van der Waals surface area contributed by atoms with Gasteiger partial charge in [0.25, 0.3) is 0 Å². The number of nitrogens with zero attached hydrogens (tertiary/aromatic N) is 1. The van der Waals surface area contributed by atoms with Gasteiger partial charge in [-0.05, 0) is 48.8 Å². The maximum absolute atomic E-state index is 13.1. The summed E-state index contributed by atoms with van der Waals surface area (Å²) in [6.45, 7) is 5.48. The summed E-state index contributed by atoms with van der Waals surface area (Å²) in [7, 11) is 0. The van der Waals surface area contributed by atoms with Crippen molar-refractivity contribution in [2.24, 2.45) is 10.7 Å². The fraction of sp³-hybridized carbons (Fsp3) is 0.333. The van der Waals surface area contributed by atoms with Crippen molar-refractivity contribution in [1.29, 1.82) is 0 Å². The Morgan fingerprint density at radius 3 is 2.55 bits per heavy atom. The highest BCUT2D eigenvalue weighted by atomic mass is 79.9. The zero-order valence-corrected chi connectivity index (χ0v) is 13.6. The van der Waals surface area contributed by atoms with E-state index in [1.54, 1.807) is 0 Å². The molecule has 0 aliphatic rings. The molecule has 0 spiro atoms. The van der Waals surface area contributed by atoms with Gasteiger partial charge < -0.3 is 11.1 Å². The molecule has 4 N–H and O–H groups in total. The first-order chi connectivity index (χ1) is 9.08. The first kappa shape index (κ1) is 16.7. The molecule has 8 heteroatoms. The molecule has 0 saturated heterocycles. The van der Waals surface area contributed by atoms with E-state index in [4.69, 9.17) is 17.3 Å². The minimum Gasteiger partial charge on any atom is -0.369 e. The molecule has 1 rings (SSSR count). The minimum absolute atomic E-state index is 0.0813. The first-order valence-electron chi connectivity index (χ1n) is 5.66. The van der Waals surface area contributed by atoms with Crippen molar-refractivity contribution in [3.63, 3.8) is 0 Å². The van der Waals surface area contributed by atoms with Gasteiger partial charge in [0.1, 0.15) is 5.82 Å². The largest absolute Gasteiger partial charge is 0.369 e. The number of carbonyl (C=O) groups excluding carboxylic acids is 1. The van der Waals surface area contributed by atoms with Crippen LogP contribution in [0.15, 0.2) is 21.6 Å². The van der Waals surface area contributed by atoms with Crippen molar-refractivity contribution in [1.82, 2.24) is 10.6 Å².